The van der Waals surface area contributed by atoms with Gasteiger partial charge < -0.3 is 19.8 Å². The van der Waals surface area contributed by atoms with E-state index in [1.54, 1.807) is 0 Å². The van der Waals surface area contributed by atoms with Gasteiger partial charge in [-0.25, -0.2) is 0 Å². The number of hydrogen-bond acceptors (Lipinski definition) is 8. The zero-order chi connectivity index (χ0) is 28.6. The quantitative estimate of drug-likeness (QED) is 0.114. The van der Waals surface area contributed by atoms with E-state index in [1.165, 1.54) is 51.4 Å². The molecule has 9 heteroatoms. The summed E-state index contributed by atoms with van der Waals surface area (Å²) in [6.45, 7) is 10.4. The zero-order valence-corrected chi connectivity index (χ0v) is 26.4. The average molecular weight is 608 g/mol. The van der Waals surface area contributed by atoms with Gasteiger partial charge in [-0.2, -0.15) is 0 Å². The Labute approximate surface area is 238 Å². The van der Waals surface area contributed by atoms with E-state index in [0.717, 1.165) is 51.7 Å². The van der Waals surface area contributed by atoms with E-state index in [9.17, 15) is 29.4 Å². The zero-order valence-electron chi connectivity index (χ0n) is 23.9. The Balaban J connectivity index is -0.000000471. The van der Waals surface area contributed by atoms with Gasteiger partial charge in [-0.15, -0.1) is 0 Å². The molecule has 0 saturated carbocycles. The van der Waals surface area contributed by atoms with Crippen molar-refractivity contribution >= 4 is 23.5 Å². The molecule has 0 aliphatic heterocycles. The molecule has 0 atom stereocenters. The predicted octanol–water partition coefficient (Wildman–Crippen LogP) is 4.64. The van der Waals surface area contributed by atoms with Crippen LogP contribution in [0.3, 0.4) is 0 Å². The van der Waals surface area contributed by atoms with Gasteiger partial charge in [0.1, 0.15) is 11.6 Å². The number of carboxylic acid groups (broad SMARTS) is 2. The Morgan fingerprint density at radius 2 is 0.838 bits per heavy atom. The van der Waals surface area contributed by atoms with Gasteiger partial charge >= 0.3 is 82.5 Å². The number of carboxylic acids is 2. The summed E-state index contributed by atoms with van der Waals surface area (Å²) >= 11 is -0.876. The first-order valence-electron chi connectivity index (χ1n) is 14.2. The number of hydrogen-bond donors (Lipinski definition) is 0. The maximum atomic E-state index is 10.9. The van der Waals surface area contributed by atoms with Gasteiger partial charge in [-0.3, -0.25) is 9.59 Å². The molecule has 0 radical (unpaired) electrons. The molecule has 0 aromatic heterocycles. The number of Topliss-reactive ketones (excluding diaryl/α,β-unsaturated/α-hetero) is 2. The predicted molar refractivity (Wildman–Crippen MR) is 138 cm³/mol. The van der Waals surface area contributed by atoms with Crippen LogP contribution in [-0.2, 0) is 48.9 Å². The van der Waals surface area contributed by atoms with E-state index < -0.39 is 48.9 Å². The summed E-state index contributed by atoms with van der Waals surface area (Å²) in [6.07, 6.45) is 15.4. The molecule has 0 unspecified atom stereocenters. The van der Waals surface area contributed by atoms with E-state index in [1.807, 2.05) is 0 Å². The molecule has 8 nitrogen and oxygen atoms in total. The number of carbonyl (C=O) groups excluding carboxylic acids is 4. The maximum absolute atomic E-state index is 10.9. The summed E-state index contributed by atoms with van der Waals surface area (Å²) in [5, 5.41) is 20.0. The Bertz CT molecular complexity index is 494. The summed E-state index contributed by atoms with van der Waals surface area (Å²) in [5.41, 5.74) is 0. The van der Waals surface area contributed by atoms with Crippen LogP contribution in [0.15, 0.2) is 0 Å². The minimum absolute atomic E-state index is 0.212. The molecular weight excluding hydrogens is 556 g/mol. The number of carbonyl (C=O) groups is 4. The van der Waals surface area contributed by atoms with Gasteiger partial charge in [0.25, 0.3) is 0 Å². The topological polar surface area (TPSA) is 133 Å². The van der Waals surface area contributed by atoms with Crippen molar-refractivity contribution < 1.29 is 59.1 Å². The molecule has 0 aliphatic carbocycles. The number of ketones is 2. The van der Waals surface area contributed by atoms with Crippen LogP contribution in [0.4, 0.5) is 0 Å². The summed E-state index contributed by atoms with van der Waals surface area (Å²) in [4.78, 5) is 41.8. The van der Waals surface area contributed by atoms with E-state index in [2.05, 4.69) is 27.7 Å². The Morgan fingerprint density at radius 3 is 1.14 bits per heavy atom. The van der Waals surface area contributed by atoms with Crippen LogP contribution in [0.5, 0.6) is 0 Å². The van der Waals surface area contributed by atoms with Gasteiger partial charge in [0.15, 0.2) is 0 Å². The first-order valence-corrected chi connectivity index (χ1v) is 16.2. The van der Waals surface area contributed by atoms with Gasteiger partial charge in [-0.1, -0.05) is 65.2 Å². The number of aliphatic carboxylic acids is 2. The van der Waals surface area contributed by atoms with Gasteiger partial charge in [0.2, 0.25) is 0 Å². The van der Waals surface area contributed by atoms with Gasteiger partial charge in [-0.05, 0) is 12.8 Å². The molecule has 216 valence electrons. The van der Waals surface area contributed by atoms with Crippen LogP contribution in [0.25, 0.3) is 0 Å². The third-order valence-corrected chi connectivity index (χ3v) is 6.70. The molecule has 0 spiro atoms. The fraction of sp³-hybridized carbons (Fsp3) is 0.857. The van der Waals surface area contributed by atoms with Crippen LogP contribution in [-0.4, -0.2) is 36.7 Å². The van der Waals surface area contributed by atoms with Crippen LogP contribution in [0, 0.1) is 0 Å². The van der Waals surface area contributed by atoms with Crippen molar-refractivity contribution in [2.24, 2.45) is 0 Å². The molecule has 0 fully saturated rings. The fourth-order valence-corrected chi connectivity index (χ4v) is 4.23. The summed E-state index contributed by atoms with van der Waals surface area (Å²) < 4.78 is 10.7. The molecule has 0 amide bonds. The van der Waals surface area contributed by atoms with E-state index in [4.69, 9.17) is 5.63 Å². The summed E-state index contributed by atoms with van der Waals surface area (Å²) in [5.74, 6) is -2.95. The van der Waals surface area contributed by atoms with Crippen molar-refractivity contribution in [2.75, 3.05) is 13.2 Å². The van der Waals surface area contributed by atoms with Crippen molar-refractivity contribution in [1.82, 2.24) is 0 Å². The van der Waals surface area contributed by atoms with Crippen molar-refractivity contribution in [3.63, 3.8) is 0 Å². The SMILES string of the molecule is CCCCCCCC(=O)CC(=O)[O-].CCCCCCCC(=O)CC(=O)[O-].CCCC[O][Zr+2][O]CCCC. The van der Waals surface area contributed by atoms with Gasteiger partial charge in [0.05, 0.1) is 0 Å². The first kappa shape index (κ1) is 40.6. The Hall–Kier alpha value is -0.917. The molecule has 37 heavy (non-hydrogen) atoms. The summed E-state index contributed by atoms with van der Waals surface area (Å²) in [6, 6.07) is 0. The van der Waals surface area contributed by atoms with E-state index in [-0.39, 0.29) is 11.6 Å². The number of rotatable bonds is 24. The van der Waals surface area contributed by atoms with Crippen LogP contribution in [0.2, 0.25) is 0 Å². The molecular formula is C28H52O8Zr. The first-order chi connectivity index (χ1) is 17.7. The Morgan fingerprint density at radius 1 is 0.514 bits per heavy atom. The number of unbranched alkanes of at least 4 members (excludes halogenated alkanes) is 10. The van der Waals surface area contributed by atoms with Crippen molar-refractivity contribution in [2.45, 2.75) is 143 Å². The molecule has 0 aliphatic rings. The summed E-state index contributed by atoms with van der Waals surface area (Å²) in [7, 11) is 0. The molecule has 0 aromatic rings. The fourth-order valence-electron chi connectivity index (χ4n) is 2.91. The standard InChI is InChI=1S/2C10H18O3.2C4H9O.Zr/c2*1-2-3-4-5-6-7-9(11)8-10(12)13;2*1-2-3-4-5;/h2*2-8H2,1H3,(H,12,13);2*2-4H2,1H3;/q;;2*-1;+4/p-2. The normalized spacial score (nSPS) is 9.84. The van der Waals surface area contributed by atoms with Crippen molar-refractivity contribution in [1.29, 1.82) is 0 Å². The minimum atomic E-state index is -1.27. The Kier molecular flexibility index (Phi) is 38.5. The molecule has 0 heterocycles. The third kappa shape index (κ3) is 45.4. The van der Waals surface area contributed by atoms with E-state index >= 15 is 0 Å². The van der Waals surface area contributed by atoms with E-state index in [0.29, 0.717) is 12.8 Å². The molecule has 0 N–H and O–H groups in total. The molecule has 0 rings (SSSR count). The van der Waals surface area contributed by atoms with Crippen LogP contribution < -0.4 is 10.2 Å². The van der Waals surface area contributed by atoms with Crippen LogP contribution >= 0.6 is 0 Å². The second kappa shape index (κ2) is 35.1. The van der Waals surface area contributed by atoms with Gasteiger partial charge in [0, 0.05) is 37.6 Å². The van der Waals surface area contributed by atoms with Crippen molar-refractivity contribution in [3.8, 4) is 0 Å². The monoisotopic (exact) mass is 606 g/mol. The van der Waals surface area contributed by atoms with Crippen LogP contribution in [0.1, 0.15) is 143 Å². The molecule has 0 saturated heterocycles. The van der Waals surface area contributed by atoms with Crippen molar-refractivity contribution in [3.05, 3.63) is 0 Å². The second-order valence-corrected chi connectivity index (χ2v) is 10.8. The molecule has 0 aromatic carbocycles. The third-order valence-electron chi connectivity index (χ3n) is 5.12. The molecule has 0 bridgehead atoms. The average Bonchev–Trinajstić information content (AvgIpc) is 2.83. The second-order valence-electron chi connectivity index (χ2n) is 8.99.